The Kier molecular flexibility index (Phi) is 5.98. The molecule has 22 heavy (non-hydrogen) atoms. The van der Waals surface area contributed by atoms with E-state index in [0.717, 1.165) is 43.8 Å². The van der Waals surface area contributed by atoms with Gasteiger partial charge in [-0.05, 0) is 56.1 Å². The van der Waals surface area contributed by atoms with Gasteiger partial charge in [-0.15, -0.1) is 0 Å². The number of ether oxygens (including phenoxy) is 1. The zero-order valence-corrected chi connectivity index (χ0v) is 13.2. The Hall–Kier alpha value is -1.85. The summed E-state index contributed by atoms with van der Waals surface area (Å²) in [5, 5.41) is 0. The van der Waals surface area contributed by atoms with Crippen molar-refractivity contribution < 1.29 is 9.53 Å². The summed E-state index contributed by atoms with van der Waals surface area (Å²) in [6, 6.07) is 8.15. The molecule has 0 aliphatic carbocycles. The summed E-state index contributed by atoms with van der Waals surface area (Å²) < 4.78 is 5.68. The monoisotopic (exact) mass is 303 g/mol. The van der Waals surface area contributed by atoms with Gasteiger partial charge in [-0.1, -0.05) is 18.7 Å². The lowest BCUT2D eigenvalue weighted by atomic mass is 9.96. The van der Waals surface area contributed by atoms with Crippen molar-refractivity contribution >= 4 is 5.91 Å². The standard InChI is InChI=1S/C17H25N3O2/c1-13(2)12-22-16-5-3-4-14(10-16)11-20-8-6-15(7-9-20)17(21)19-18/h3-5,10,15H,1,6-9,11-12,18H2,2H3,(H,19,21). The third-order valence-electron chi connectivity index (χ3n) is 3.89. The molecule has 5 nitrogen and oxygen atoms in total. The number of likely N-dealkylation sites (tertiary alicyclic amines) is 1. The van der Waals surface area contributed by atoms with Crippen molar-refractivity contribution in [2.45, 2.75) is 26.3 Å². The van der Waals surface area contributed by atoms with Crippen LogP contribution >= 0.6 is 0 Å². The van der Waals surface area contributed by atoms with Crippen molar-refractivity contribution in [1.29, 1.82) is 0 Å². The highest BCUT2D eigenvalue weighted by molar-refractivity contribution is 5.78. The van der Waals surface area contributed by atoms with E-state index in [0.29, 0.717) is 6.61 Å². The number of piperidine rings is 1. The Morgan fingerprint density at radius 2 is 2.18 bits per heavy atom. The SMILES string of the molecule is C=C(C)COc1cccc(CN2CCC(C(=O)NN)CC2)c1. The van der Waals surface area contributed by atoms with Crippen LogP contribution in [0.2, 0.25) is 0 Å². The molecule has 1 aromatic rings. The summed E-state index contributed by atoms with van der Waals surface area (Å²) in [7, 11) is 0. The lowest BCUT2D eigenvalue weighted by Gasteiger charge is -2.31. The van der Waals surface area contributed by atoms with Crippen molar-refractivity contribution in [1.82, 2.24) is 10.3 Å². The van der Waals surface area contributed by atoms with Gasteiger partial charge in [0, 0.05) is 12.5 Å². The Morgan fingerprint density at radius 1 is 1.45 bits per heavy atom. The third kappa shape index (κ3) is 4.86. The molecule has 1 aliphatic heterocycles. The number of amides is 1. The fourth-order valence-corrected chi connectivity index (χ4v) is 2.67. The van der Waals surface area contributed by atoms with Gasteiger partial charge >= 0.3 is 0 Å². The average molecular weight is 303 g/mol. The van der Waals surface area contributed by atoms with Crippen molar-refractivity contribution in [3.05, 3.63) is 42.0 Å². The number of hydrazine groups is 1. The molecule has 120 valence electrons. The van der Waals surface area contributed by atoms with Crippen molar-refractivity contribution in [3.63, 3.8) is 0 Å². The minimum atomic E-state index is -0.0464. The molecule has 1 heterocycles. The highest BCUT2D eigenvalue weighted by Crippen LogP contribution is 2.21. The third-order valence-corrected chi connectivity index (χ3v) is 3.89. The van der Waals surface area contributed by atoms with E-state index in [1.54, 1.807) is 0 Å². The van der Waals surface area contributed by atoms with E-state index in [-0.39, 0.29) is 11.8 Å². The van der Waals surface area contributed by atoms with Crippen LogP contribution in [0.15, 0.2) is 36.4 Å². The highest BCUT2D eigenvalue weighted by Gasteiger charge is 2.24. The van der Waals surface area contributed by atoms with E-state index in [9.17, 15) is 4.79 Å². The average Bonchev–Trinajstić information content (AvgIpc) is 2.53. The molecule has 0 aromatic heterocycles. The minimum Gasteiger partial charge on any atom is -0.489 e. The molecule has 0 bridgehead atoms. The molecule has 1 fully saturated rings. The lowest BCUT2D eigenvalue weighted by Crippen LogP contribution is -2.42. The number of carbonyl (C=O) groups is 1. The summed E-state index contributed by atoms with van der Waals surface area (Å²) in [5.74, 6) is 6.07. The Balaban J connectivity index is 1.85. The molecule has 0 saturated carbocycles. The number of nitrogens with zero attached hydrogens (tertiary/aromatic N) is 1. The summed E-state index contributed by atoms with van der Waals surface area (Å²) in [4.78, 5) is 13.9. The van der Waals surface area contributed by atoms with E-state index >= 15 is 0 Å². The first kappa shape index (κ1) is 16.5. The maximum Gasteiger partial charge on any atom is 0.237 e. The van der Waals surface area contributed by atoms with Crippen molar-refractivity contribution in [2.24, 2.45) is 11.8 Å². The van der Waals surface area contributed by atoms with Crippen molar-refractivity contribution in [2.75, 3.05) is 19.7 Å². The maximum atomic E-state index is 11.5. The first-order valence-corrected chi connectivity index (χ1v) is 7.67. The smallest absolute Gasteiger partial charge is 0.237 e. The Bertz CT molecular complexity index is 522. The number of hydrogen-bond acceptors (Lipinski definition) is 4. The molecular weight excluding hydrogens is 278 g/mol. The Morgan fingerprint density at radius 3 is 2.82 bits per heavy atom. The van der Waals surface area contributed by atoms with Gasteiger partial charge in [0.15, 0.2) is 0 Å². The minimum absolute atomic E-state index is 0.0464. The first-order valence-electron chi connectivity index (χ1n) is 7.67. The first-order chi connectivity index (χ1) is 10.6. The number of benzene rings is 1. The van der Waals surface area contributed by atoms with Gasteiger partial charge in [-0.25, -0.2) is 5.84 Å². The Labute approximate surface area is 132 Å². The molecule has 0 radical (unpaired) electrons. The fourth-order valence-electron chi connectivity index (χ4n) is 2.67. The van der Waals surface area contributed by atoms with Crippen LogP contribution in [0.25, 0.3) is 0 Å². The second kappa shape index (κ2) is 7.96. The predicted molar refractivity (Wildman–Crippen MR) is 87.1 cm³/mol. The van der Waals surface area contributed by atoms with E-state index in [1.165, 1.54) is 5.56 Å². The number of hydrogen-bond donors (Lipinski definition) is 2. The molecule has 0 unspecified atom stereocenters. The fraction of sp³-hybridized carbons (Fsp3) is 0.471. The molecule has 1 amide bonds. The number of nitrogens with two attached hydrogens (primary N) is 1. The van der Waals surface area contributed by atoms with Crippen LogP contribution < -0.4 is 16.0 Å². The van der Waals surface area contributed by atoms with Crippen LogP contribution in [0, 0.1) is 5.92 Å². The van der Waals surface area contributed by atoms with Gasteiger partial charge in [-0.3, -0.25) is 15.1 Å². The summed E-state index contributed by atoms with van der Waals surface area (Å²) in [6.45, 7) is 9.03. The molecule has 3 N–H and O–H groups in total. The normalized spacial score (nSPS) is 16.3. The molecule has 1 aliphatic rings. The van der Waals surface area contributed by atoms with Crippen LogP contribution in [0.3, 0.4) is 0 Å². The maximum absolute atomic E-state index is 11.5. The summed E-state index contributed by atoms with van der Waals surface area (Å²) >= 11 is 0. The van der Waals surface area contributed by atoms with E-state index in [1.807, 2.05) is 19.1 Å². The molecule has 5 heteroatoms. The molecule has 1 aromatic carbocycles. The van der Waals surface area contributed by atoms with Gasteiger partial charge in [0.05, 0.1) is 0 Å². The highest BCUT2D eigenvalue weighted by atomic mass is 16.5. The van der Waals surface area contributed by atoms with Gasteiger partial charge in [0.2, 0.25) is 5.91 Å². The molecule has 0 spiro atoms. The van der Waals surface area contributed by atoms with Crippen LogP contribution in [0.4, 0.5) is 0 Å². The van der Waals surface area contributed by atoms with Gasteiger partial charge < -0.3 is 4.74 Å². The molecule has 2 rings (SSSR count). The molecule has 1 saturated heterocycles. The molecular formula is C17H25N3O2. The predicted octanol–water partition coefficient (Wildman–Crippen LogP) is 1.84. The second-order valence-electron chi connectivity index (χ2n) is 5.95. The van der Waals surface area contributed by atoms with Crippen LogP contribution in [-0.2, 0) is 11.3 Å². The lowest BCUT2D eigenvalue weighted by molar-refractivity contribution is -0.126. The molecule has 0 atom stereocenters. The van der Waals surface area contributed by atoms with Crippen molar-refractivity contribution in [3.8, 4) is 5.75 Å². The van der Waals surface area contributed by atoms with Gasteiger partial charge in [0.1, 0.15) is 12.4 Å². The summed E-state index contributed by atoms with van der Waals surface area (Å²) in [6.07, 6.45) is 1.71. The van der Waals surface area contributed by atoms with E-state index in [2.05, 4.69) is 29.0 Å². The summed E-state index contributed by atoms with van der Waals surface area (Å²) in [5.41, 5.74) is 4.48. The largest absolute Gasteiger partial charge is 0.489 e. The van der Waals surface area contributed by atoms with E-state index < -0.39 is 0 Å². The second-order valence-corrected chi connectivity index (χ2v) is 5.95. The quantitative estimate of drug-likeness (QED) is 0.364. The number of carbonyl (C=O) groups excluding carboxylic acids is 1. The van der Waals surface area contributed by atoms with Gasteiger partial charge in [0.25, 0.3) is 0 Å². The zero-order valence-electron chi connectivity index (χ0n) is 13.2. The zero-order chi connectivity index (χ0) is 15.9. The van der Waals surface area contributed by atoms with Crippen LogP contribution in [0.1, 0.15) is 25.3 Å². The topological polar surface area (TPSA) is 67.6 Å². The number of rotatable bonds is 6. The van der Waals surface area contributed by atoms with Gasteiger partial charge in [-0.2, -0.15) is 0 Å². The van der Waals surface area contributed by atoms with E-state index in [4.69, 9.17) is 10.6 Å². The number of nitrogens with one attached hydrogen (secondary N) is 1. The van der Waals surface area contributed by atoms with Crippen LogP contribution in [-0.4, -0.2) is 30.5 Å². The van der Waals surface area contributed by atoms with Crippen LogP contribution in [0.5, 0.6) is 5.75 Å².